The molecule has 0 aliphatic heterocycles. The number of nitrogens with two attached hydrogens (primary N) is 1. The highest BCUT2D eigenvalue weighted by atomic mass is 79.9. The molecule has 19 heavy (non-hydrogen) atoms. The molecule has 3 aromatic rings. The number of para-hydroxylation sites is 1. The van der Waals surface area contributed by atoms with Crippen LogP contribution in [0.3, 0.4) is 0 Å². The topological polar surface area (TPSA) is 56.7 Å². The largest absolute Gasteiger partial charge is 0.397 e. The van der Waals surface area contributed by atoms with Gasteiger partial charge in [0.2, 0.25) is 0 Å². The number of aryl methyl sites for hydroxylation is 1. The fourth-order valence-corrected chi connectivity index (χ4v) is 2.61. The molecule has 4 nitrogen and oxygen atoms in total. The van der Waals surface area contributed by atoms with Crippen molar-refractivity contribution in [2.45, 2.75) is 13.5 Å². The number of anilines is 1. The molecular formula is C14H13BrN4. The van der Waals surface area contributed by atoms with Crippen molar-refractivity contribution in [3.63, 3.8) is 0 Å². The number of benzene rings is 1. The summed E-state index contributed by atoms with van der Waals surface area (Å²) in [6.45, 7) is 2.93. The second-order valence-corrected chi connectivity index (χ2v) is 5.10. The number of imidazole rings is 1. The molecule has 0 saturated heterocycles. The minimum absolute atomic E-state index is 0.709. The quantitative estimate of drug-likeness (QED) is 0.736. The smallest absolute Gasteiger partial charge is 0.143 e. The third-order valence-electron chi connectivity index (χ3n) is 3.16. The molecule has 0 unspecified atom stereocenters. The number of halogens is 1. The number of nitrogen functional groups attached to an aromatic ring is 1. The molecule has 0 aliphatic rings. The Kier molecular flexibility index (Phi) is 2.98. The standard InChI is InChI=1S/C14H13BrN4/c1-2-19-12-6-7-17-8-11(12)18-14(19)9-4-3-5-10(15)13(9)16/h3-8H,2,16H2,1H3. The second-order valence-electron chi connectivity index (χ2n) is 4.25. The lowest BCUT2D eigenvalue weighted by Crippen LogP contribution is -2.00. The van der Waals surface area contributed by atoms with Gasteiger partial charge in [0.15, 0.2) is 0 Å². The van der Waals surface area contributed by atoms with Crippen molar-refractivity contribution in [1.29, 1.82) is 0 Å². The summed E-state index contributed by atoms with van der Waals surface area (Å²) in [4.78, 5) is 8.77. The van der Waals surface area contributed by atoms with Crippen LogP contribution in [-0.2, 0) is 6.54 Å². The van der Waals surface area contributed by atoms with Gasteiger partial charge in [-0.15, -0.1) is 0 Å². The van der Waals surface area contributed by atoms with E-state index in [-0.39, 0.29) is 0 Å². The van der Waals surface area contributed by atoms with E-state index in [1.807, 2.05) is 24.3 Å². The highest BCUT2D eigenvalue weighted by Crippen LogP contribution is 2.32. The van der Waals surface area contributed by atoms with Gasteiger partial charge in [-0.05, 0) is 41.1 Å². The van der Waals surface area contributed by atoms with Crippen LogP contribution < -0.4 is 5.73 Å². The van der Waals surface area contributed by atoms with Crippen LogP contribution in [0.2, 0.25) is 0 Å². The minimum Gasteiger partial charge on any atom is -0.397 e. The number of hydrogen-bond acceptors (Lipinski definition) is 3. The van der Waals surface area contributed by atoms with E-state index in [2.05, 4.69) is 37.4 Å². The van der Waals surface area contributed by atoms with Gasteiger partial charge in [0.1, 0.15) is 11.3 Å². The molecule has 2 heterocycles. The average molecular weight is 317 g/mol. The van der Waals surface area contributed by atoms with Crippen molar-refractivity contribution in [2.24, 2.45) is 0 Å². The maximum absolute atomic E-state index is 6.14. The van der Waals surface area contributed by atoms with E-state index < -0.39 is 0 Å². The Hall–Kier alpha value is -1.88. The van der Waals surface area contributed by atoms with Crippen molar-refractivity contribution in [3.8, 4) is 11.4 Å². The SMILES string of the molecule is CCn1c(-c2cccc(Br)c2N)nc2cnccc21. The summed E-state index contributed by atoms with van der Waals surface area (Å²) in [6.07, 6.45) is 3.56. The Morgan fingerprint density at radius 3 is 2.95 bits per heavy atom. The first-order valence-electron chi connectivity index (χ1n) is 6.07. The van der Waals surface area contributed by atoms with Crippen LogP contribution in [0.1, 0.15) is 6.92 Å². The van der Waals surface area contributed by atoms with Crippen molar-refractivity contribution in [2.75, 3.05) is 5.73 Å². The Bertz CT molecular complexity index is 748. The van der Waals surface area contributed by atoms with Crippen LogP contribution in [-0.4, -0.2) is 14.5 Å². The van der Waals surface area contributed by atoms with Gasteiger partial charge < -0.3 is 10.3 Å². The van der Waals surface area contributed by atoms with E-state index in [0.717, 1.165) is 33.4 Å². The molecule has 3 rings (SSSR count). The van der Waals surface area contributed by atoms with Crippen molar-refractivity contribution in [3.05, 3.63) is 41.1 Å². The molecule has 0 saturated carbocycles. The lowest BCUT2D eigenvalue weighted by atomic mass is 10.1. The van der Waals surface area contributed by atoms with Crippen molar-refractivity contribution in [1.82, 2.24) is 14.5 Å². The zero-order chi connectivity index (χ0) is 13.4. The van der Waals surface area contributed by atoms with E-state index >= 15 is 0 Å². The minimum atomic E-state index is 0.709. The number of nitrogens with zero attached hydrogens (tertiary/aromatic N) is 3. The fourth-order valence-electron chi connectivity index (χ4n) is 2.24. The van der Waals surface area contributed by atoms with E-state index in [1.54, 1.807) is 12.4 Å². The number of rotatable bonds is 2. The van der Waals surface area contributed by atoms with Gasteiger partial charge in [-0.3, -0.25) is 4.98 Å². The van der Waals surface area contributed by atoms with Gasteiger partial charge >= 0.3 is 0 Å². The summed E-state index contributed by atoms with van der Waals surface area (Å²) in [5.41, 5.74) is 9.75. The first kappa shape index (κ1) is 12.2. The third kappa shape index (κ3) is 1.90. The zero-order valence-electron chi connectivity index (χ0n) is 10.5. The fraction of sp³-hybridized carbons (Fsp3) is 0.143. The lowest BCUT2D eigenvalue weighted by molar-refractivity contribution is 0.796. The van der Waals surface area contributed by atoms with Crippen molar-refractivity contribution >= 4 is 32.7 Å². The predicted octanol–water partition coefficient (Wildman–Crippen LogP) is 3.46. The highest BCUT2D eigenvalue weighted by molar-refractivity contribution is 9.10. The van der Waals surface area contributed by atoms with Gasteiger partial charge in [0, 0.05) is 22.8 Å². The van der Waals surface area contributed by atoms with Crippen LogP contribution >= 0.6 is 15.9 Å². The first-order chi connectivity index (χ1) is 9.22. The number of pyridine rings is 1. The van der Waals surface area contributed by atoms with Gasteiger partial charge in [-0.2, -0.15) is 0 Å². The van der Waals surface area contributed by atoms with Gasteiger partial charge in [0.25, 0.3) is 0 Å². The highest BCUT2D eigenvalue weighted by Gasteiger charge is 2.14. The number of aromatic nitrogens is 3. The Morgan fingerprint density at radius 2 is 2.16 bits per heavy atom. The molecule has 1 aromatic carbocycles. The summed E-state index contributed by atoms with van der Waals surface area (Å²) in [7, 11) is 0. The molecule has 0 atom stereocenters. The molecule has 0 spiro atoms. The van der Waals surface area contributed by atoms with Gasteiger partial charge in [-0.25, -0.2) is 4.98 Å². The van der Waals surface area contributed by atoms with Crippen LogP contribution in [0.4, 0.5) is 5.69 Å². The molecule has 5 heteroatoms. The summed E-state index contributed by atoms with van der Waals surface area (Å²) in [5.74, 6) is 0.879. The van der Waals surface area contributed by atoms with Gasteiger partial charge in [-0.1, -0.05) is 6.07 Å². The van der Waals surface area contributed by atoms with E-state index in [4.69, 9.17) is 5.73 Å². The van der Waals surface area contributed by atoms with E-state index in [9.17, 15) is 0 Å². The predicted molar refractivity (Wildman–Crippen MR) is 80.8 cm³/mol. The number of hydrogen-bond donors (Lipinski definition) is 1. The zero-order valence-corrected chi connectivity index (χ0v) is 12.1. The molecule has 0 aliphatic carbocycles. The summed E-state index contributed by atoms with van der Waals surface area (Å²) >= 11 is 3.46. The summed E-state index contributed by atoms with van der Waals surface area (Å²) in [5, 5.41) is 0. The maximum atomic E-state index is 6.14. The molecule has 0 fully saturated rings. The van der Waals surface area contributed by atoms with Crippen molar-refractivity contribution < 1.29 is 0 Å². The Balaban J connectivity index is 2.33. The maximum Gasteiger partial charge on any atom is 0.143 e. The molecule has 0 amide bonds. The number of fused-ring (bicyclic) bond motifs is 1. The molecule has 2 aromatic heterocycles. The second kappa shape index (κ2) is 4.66. The molecule has 0 bridgehead atoms. The average Bonchev–Trinajstić information content (AvgIpc) is 2.80. The Labute approximate surface area is 119 Å². The monoisotopic (exact) mass is 316 g/mol. The molecular weight excluding hydrogens is 304 g/mol. The lowest BCUT2D eigenvalue weighted by Gasteiger charge is -2.09. The van der Waals surface area contributed by atoms with Crippen LogP contribution in [0.25, 0.3) is 22.4 Å². The first-order valence-corrected chi connectivity index (χ1v) is 6.86. The van der Waals surface area contributed by atoms with E-state index in [0.29, 0.717) is 5.69 Å². The molecule has 0 radical (unpaired) electrons. The molecule has 96 valence electrons. The Morgan fingerprint density at radius 1 is 1.32 bits per heavy atom. The third-order valence-corrected chi connectivity index (χ3v) is 3.85. The van der Waals surface area contributed by atoms with Crippen LogP contribution in [0, 0.1) is 0 Å². The van der Waals surface area contributed by atoms with Crippen LogP contribution in [0.5, 0.6) is 0 Å². The summed E-state index contributed by atoms with van der Waals surface area (Å²) in [6, 6.07) is 7.86. The molecule has 2 N–H and O–H groups in total. The normalized spacial score (nSPS) is 11.1. The van der Waals surface area contributed by atoms with Gasteiger partial charge in [0.05, 0.1) is 17.4 Å². The summed E-state index contributed by atoms with van der Waals surface area (Å²) < 4.78 is 3.03. The van der Waals surface area contributed by atoms with Crippen LogP contribution in [0.15, 0.2) is 41.1 Å². The van der Waals surface area contributed by atoms with E-state index in [1.165, 1.54) is 0 Å².